The number of fused-ring (bicyclic) bond motifs is 1. The van der Waals surface area contributed by atoms with Crippen LogP contribution in [0.2, 0.25) is 0 Å². The minimum Gasteiger partial charge on any atom is -0.487 e. The molecule has 1 atom stereocenters. The van der Waals surface area contributed by atoms with E-state index in [0.717, 1.165) is 66.2 Å². The summed E-state index contributed by atoms with van der Waals surface area (Å²) in [4.78, 5) is 16.9. The van der Waals surface area contributed by atoms with Crippen molar-refractivity contribution in [1.82, 2.24) is 4.98 Å². The molecule has 1 unspecified atom stereocenters. The second-order valence-corrected chi connectivity index (χ2v) is 8.98. The van der Waals surface area contributed by atoms with E-state index in [1.54, 1.807) is 12.1 Å². The Hall–Kier alpha value is -2.92. The third kappa shape index (κ3) is 4.35. The lowest BCUT2D eigenvalue weighted by molar-refractivity contribution is -0.167. The van der Waals surface area contributed by atoms with Crippen LogP contribution in [0.4, 0.5) is 0 Å². The molecule has 168 valence electrons. The fraction of sp³-hybridized carbons (Fsp3) is 0.407. The van der Waals surface area contributed by atoms with E-state index >= 15 is 0 Å². The highest BCUT2D eigenvalue weighted by molar-refractivity contribution is 5.80. The second kappa shape index (κ2) is 9.29. The SMILES string of the molecule is Cc1cc(C(O)(C(=O)O)C2CCCCCC2)cc(C)c1OCc1ccc2ccccc2n1. The summed E-state index contributed by atoms with van der Waals surface area (Å²) in [6.45, 7) is 4.11. The predicted octanol–water partition coefficient (Wildman–Crippen LogP) is 5.67. The van der Waals surface area contributed by atoms with Gasteiger partial charge in [0.2, 0.25) is 0 Å². The molecule has 0 bridgehead atoms. The summed E-state index contributed by atoms with van der Waals surface area (Å²) in [5.41, 5.74) is 1.95. The van der Waals surface area contributed by atoms with Crippen LogP contribution in [-0.4, -0.2) is 21.2 Å². The van der Waals surface area contributed by atoms with E-state index in [1.165, 1.54) is 0 Å². The number of hydrogen-bond acceptors (Lipinski definition) is 4. The number of hydrogen-bond donors (Lipinski definition) is 2. The van der Waals surface area contributed by atoms with Gasteiger partial charge in [0.25, 0.3) is 0 Å². The van der Waals surface area contributed by atoms with Gasteiger partial charge < -0.3 is 14.9 Å². The van der Waals surface area contributed by atoms with Gasteiger partial charge in [-0.3, -0.25) is 0 Å². The number of carboxylic acids is 1. The lowest BCUT2D eigenvalue weighted by Crippen LogP contribution is -2.43. The first kappa shape index (κ1) is 22.3. The Kier molecular flexibility index (Phi) is 6.47. The van der Waals surface area contributed by atoms with Gasteiger partial charge in [-0.15, -0.1) is 0 Å². The second-order valence-electron chi connectivity index (χ2n) is 8.98. The average molecular weight is 434 g/mol. The summed E-state index contributed by atoms with van der Waals surface area (Å²) >= 11 is 0. The largest absolute Gasteiger partial charge is 0.487 e. The van der Waals surface area contributed by atoms with Crippen LogP contribution >= 0.6 is 0 Å². The van der Waals surface area contributed by atoms with Gasteiger partial charge in [0.1, 0.15) is 12.4 Å². The van der Waals surface area contributed by atoms with E-state index in [9.17, 15) is 15.0 Å². The number of carbonyl (C=O) groups is 1. The van der Waals surface area contributed by atoms with Crippen molar-refractivity contribution in [3.63, 3.8) is 0 Å². The van der Waals surface area contributed by atoms with Crippen molar-refractivity contribution in [2.24, 2.45) is 5.92 Å². The smallest absolute Gasteiger partial charge is 0.340 e. The van der Waals surface area contributed by atoms with Crippen LogP contribution in [0.25, 0.3) is 10.9 Å². The van der Waals surface area contributed by atoms with Crippen LogP contribution in [0.3, 0.4) is 0 Å². The van der Waals surface area contributed by atoms with Crippen molar-refractivity contribution < 1.29 is 19.7 Å². The number of ether oxygens (including phenoxy) is 1. The molecule has 1 aliphatic carbocycles. The molecule has 1 heterocycles. The van der Waals surface area contributed by atoms with Gasteiger partial charge in [-0.2, -0.15) is 0 Å². The Balaban J connectivity index is 1.59. The topological polar surface area (TPSA) is 79.7 Å². The number of aliphatic carboxylic acids is 1. The molecule has 1 fully saturated rings. The summed E-state index contributed by atoms with van der Waals surface area (Å²) < 4.78 is 6.10. The van der Waals surface area contributed by atoms with Gasteiger partial charge in [0, 0.05) is 11.3 Å². The number of aryl methyl sites for hydroxylation is 2. The first-order chi connectivity index (χ1) is 15.4. The standard InChI is InChI=1S/C27H31NO4/c1-18-15-22(27(31,26(29)30)21-10-5-3-4-6-11-21)16-19(2)25(18)32-17-23-14-13-20-9-7-8-12-24(20)28-23/h7-9,12-16,21,31H,3-6,10-11,17H2,1-2H3,(H,29,30). The third-order valence-corrected chi connectivity index (χ3v) is 6.69. The number of rotatable bonds is 6. The molecule has 5 nitrogen and oxygen atoms in total. The van der Waals surface area contributed by atoms with Crippen LogP contribution in [0, 0.1) is 19.8 Å². The summed E-state index contributed by atoms with van der Waals surface area (Å²) in [6, 6.07) is 15.5. The van der Waals surface area contributed by atoms with Crippen LogP contribution < -0.4 is 4.74 Å². The maximum Gasteiger partial charge on any atom is 0.340 e. The molecule has 3 aromatic rings. The van der Waals surface area contributed by atoms with Crippen molar-refractivity contribution >= 4 is 16.9 Å². The van der Waals surface area contributed by atoms with Crippen LogP contribution in [-0.2, 0) is 17.0 Å². The van der Waals surface area contributed by atoms with Gasteiger partial charge in [-0.1, -0.05) is 49.9 Å². The third-order valence-electron chi connectivity index (χ3n) is 6.69. The van der Waals surface area contributed by atoms with Crippen molar-refractivity contribution in [3.05, 3.63) is 70.9 Å². The molecule has 0 amide bonds. The highest BCUT2D eigenvalue weighted by Crippen LogP contribution is 2.41. The van der Waals surface area contributed by atoms with Crippen LogP contribution in [0.5, 0.6) is 5.75 Å². The summed E-state index contributed by atoms with van der Waals surface area (Å²) in [7, 11) is 0. The molecule has 1 aliphatic rings. The molecule has 32 heavy (non-hydrogen) atoms. The molecule has 0 aliphatic heterocycles. The Morgan fingerprint density at radius 2 is 1.69 bits per heavy atom. The van der Waals surface area contributed by atoms with Gasteiger partial charge >= 0.3 is 5.97 Å². The number of nitrogens with zero attached hydrogens (tertiary/aromatic N) is 1. The molecule has 2 N–H and O–H groups in total. The normalized spacial score (nSPS) is 17.0. The maximum atomic E-state index is 12.3. The number of aliphatic hydroxyl groups is 1. The molecular formula is C27H31NO4. The van der Waals surface area contributed by atoms with Gasteiger partial charge in [-0.05, 0) is 67.6 Å². The van der Waals surface area contributed by atoms with Crippen LogP contribution in [0.1, 0.15) is 60.9 Å². The van der Waals surface area contributed by atoms with E-state index in [0.29, 0.717) is 17.9 Å². The fourth-order valence-electron chi connectivity index (χ4n) is 4.96. The quantitative estimate of drug-likeness (QED) is 0.489. The fourth-order valence-corrected chi connectivity index (χ4v) is 4.96. The predicted molar refractivity (Wildman–Crippen MR) is 125 cm³/mol. The maximum absolute atomic E-state index is 12.3. The zero-order chi connectivity index (χ0) is 22.7. The Morgan fingerprint density at radius 1 is 1.03 bits per heavy atom. The Morgan fingerprint density at radius 3 is 2.34 bits per heavy atom. The average Bonchev–Trinajstić information content (AvgIpc) is 3.07. The van der Waals surface area contributed by atoms with Crippen LogP contribution in [0.15, 0.2) is 48.5 Å². The van der Waals surface area contributed by atoms with E-state index in [4.69, 9.17) is 4.74 Å². The molecule has 0 radical (unpaired) electrons. The molecule has 4 rings (SSSR count). The monoisotopic (exact) mass is 433 g/mol. The number of para-hydroxylation sites is 1. The Bertz CT molecular complexity index is 1090. The summed E-state index contributed by atoms with van der Waals surface area (Å²) in [5.74, 6) is -0.746. The van der Waals surface area contributed by atoms with E-state index in [1.807, 2.05) is 50.2 Å². The first-order valence-electron chi connectivity index (χ1n) is 11.4. The van der Waals surface area contributed by atoms with E-state index < -0.39 is 11.6 Å². The molecule has 0 saturated heterocycles. The zero-order valence-corrected chi connectivity index (χ0v) is 18.8. The van der Waals surface area contributed by atoms with Crippen molar-refractivity contribution in [2.45, 2.75) is 64.6 Å². The molecule has 2 aromatic carbocycles. The molecular weight excluding hydrogens is 402 g/mol. The Labute approximate surface area is 189 Å². The number of aromatic nitrogens is 1. The number of pyridine rings is 1. The lowest BCUT2D eigenvalue weighted by atomic mass is 9.76. The van der Waals surface area contributed by atoms with E-state index in [2.05, 4.69) is 4.98 Å². The minimum atomic E-state index is -1.88. The lowest BCUT2D eigenvalue weighted by Gasteiger charge is -2.33. The molecule has 5 heteroatoms. The molecule has 0 spiro atoms. The zero-order valence-electron chi connectivity index (χ0n) is 18.8. The highest BCUT2D eigenvalue weighted by Gasteiger charge is 2.46. The van der Waals surface area contributed by atoms with Crippen molar-refractivity contribution in [1.29, 1.82) is 0 Å². The molecule has 1 aromatic heterocycles. The van der Waals surface area contributed by atoms with Gasteiger partial charge in [0.05, 0.1) is 11.2 Å². The van der Waals surface area contributed by atoms with Gasteiger partial charge in [-0.25, -0.2) is 9.78 Å². The highest BCUT2D eigenvalue weighted by atomic mass is 16.5. The van der Waals surface area contributed by atoms with Gasteiger partial charge in [0.15, 0.2) is 5.60 Å². The van der Waals surface area contributed by atoms with Crippen molar-refractivity contribution in [3.8, 4) is 5.75 Å². The minimum absolute atomic E-state index is 0.283. The number of benzene rings is 2. The molecule has 1 saturated carbocycles. The first-order valence-corrected chi connectivity index (χ1v) is 11.4. The summed E-state index contributed by atoms with van der Waals surface area (Å²) in [6.07, 6.45) is 5.57. The number of carboxylic acid groups (broad SMARTS) is 1. The summed E-state index contributed by atoms with van der Waals surface area (Å²) in [5, 5.41) is 22.5. The van der Waals surface area contributed by atoms with Crippen molar-refractivity contribution in [2.75, 3.05) is 0 Å². The van der Waals surface area contributed by atoms with E-state index in [-0.39, 0.29) is 5.92 Å².